The molecular weight excluding hydrogens is 473 g/mol. The Morgan fingerprint density at radius 1 is 1.09 bits per heavy atom. The highest BCUT2D eigenvalue weighted by molar-refractivity contribution is 7.92. The first-order valence-corrected chi connectivity index (χ1v) is 10.7. The Bertz CT molecular complexity index is 1270. The molecular formula is C18H16ClF3N6O3S. The molecule has 2 heterocycles. The van der Waals surface area contributed by atoms with Crippen LogP contribution in [-0.2, 0) is 23.2 Å². The number of nitrogens with one attached hydrogen (secondary N) is 2. The van der Waals surface area contributed by atoms with Crippen molar-refractivity contribution in [2.24, 2.45) is 7.05 Å². The predicted molar refractivity (Wildman–Crippen MR) is 110 cm³/mol. The van der Waals surface area contributed by atoms with Crippen molar-refractivity contribution >= 4 is 39.2 Å². The van der Waals surface area contributed by atoms with Gasteiger partial charge in [0.15, 0.2) is 11.4 Å². The van der Waals surface area contributed by atoms with E-state index in [1.165, 1.54) is 24.3 Å². The van der Waals surface area contributed by atoms with Crippen LogP contribution in [0.4, 0.5) is 24.8 Å². The molecule has 2 N–H and O–H groups in total. The zero-order valence-corrected chi connectivity index (χ0v) is 18.4. The summed E-state index contributed by atoms with van der Waals surface area (Å²) in [6.45, 7) is 3.38. The lowest BCUT2D eigenvalue weighted by Gasteiger charge is -2.09. The van der Waals surface area contributed by atoms with Gasteiger partial charge in [-0.15, -0.1) is 0 Å². The quantitative estimate of drug-likeness (QED) is 0.567. The van der Waals surface area contributed by atoms with Gasteiger partial charge in [0.1, 0.15) is 5.02 Å². The van der Waals surface area contributed by atoms with E-state index in [0.29, 0.717) is 16.1 Å². The lowest BCUT2D eigenvalue weighted by molar-refractivity contribution is -0.143. The molecule has 3 rings (SSSR count). The number of amides is 1. The van der Waals surface area contributed by atoms with Crippen LogP contribution in [0, 0.1) is 13.8 Å². The molecule has 0 saturated heterocycles. The average molecular weight is 489 g/mol. The van der Waals surface area contributed by atoms with Gasteiger partial charge in [-0.3, -0.25) is 9.48 Å². The summed E-state index contributed by atoms with van der Waals surface area (Å²) in [6.07, 6.45) is -4.79. The van der Waals surface area contributed by atoms with E-state index in [-0.39, 0.29) is 16.5 Å². The van der Waals surface area contributed by atoms with E-state index in [0.717, 1.165) is 7.05 Å². The van der Waals surface area contributed by atoms with E-state index in [9.17, 15) is 26.4 Å². The lowest BCUT2D eigenvalue weighted by Crippen LogP contribution is -2.16. The van der Waals surface area contributed by atoms with Crippen molar-refractivity contribution in [3.63, 3.8) is 0 Å². The summed E-state index contributed by atoms with van der Waals surface area (Å²) >= 11 is 5.70. The second kappa shape index (κ2) is 8.39. The summed E-state index contributed by atoms with van der Waals surface area (Å²) in [7, 11) is -3.01. The molecule has 2 aromatic heterocycles. The average Bonchev–Trinajstić information content (AvgIpc) is 2.95. The van der Waals surface area contributed by atoms with Crippen LogP contribution >= 0.6 is 11.6 Å². The fraction of sp³-hybridized carbons (Fsp3) is 0.222. The van der Waals surface area contributed by atoms with Gasteiger partial charge in [-0.1, -0.05) is 11.6 Å². The lowest BCUT2D eigenvalue weighted by atomic mass is 10.3. The van der Waals surface area contributed by atoms with E-state index in [4.69, 9.17) is 11.6 Å². The van der Waals surface area contributed by atoms with Crippen LogP contribution in [0.25, 0.3) is 0 Å². The van der Waals surface area contributed by atoms with Gasteiger partial charge in [0.2, 0.25) is 5.95 Å². The molecule has 0 aliphatic rings. The second-order valence-electron chi connectivity index (χ2n) is 6.69. The third kappa shape index (κ3) is 4.99. The zero-order chi connectivity index (χ0) is 23.8. The monoisotopic (exact) mass is 488 g/mol. The molecule has 0 aliphatic carbocycles. The van der Waals surface area contributed by atoms with Crippen LogP contribution in [0.1, 0.15) is 27.6 Å². The molecule has 0 radical (unpaired) electrons. The number of anilines is 2. The Labute approximate surface area is 185 Å². The van der Waals surface area contributed by atoms with Crippen LogP contribution < -0.4 is 10.0 Å². The number of carbonyl (C=O) groups excluding carboxylic acids is 1. The van der Waals surface area contributed by atoms with E-state index in [1.807, 2.05) is 0 Å². The fourth-order valence-electron chi connectivity index (χ4n) is 2.81. The Morgan fingerprint density at radius 3 is 2.16 bits per heavy atom. The molecule has 0 saturated carbocycles. The SMILES string of the molecule is Cc1cc(C)nc(NS(=O)(=O)c2ccc(NC(=O)c3nn(C)c(C(F)(F)F)c3Cl)cc2)n1. The fourth-order valence-corrected chi connectivity index (χ4v) is 4.11. The van der Waals surface area contributed by atoms with Crippen LogP contribution in [0.15, 0.2) is 35.2 Å². The summed E-state index contributed by atoms with van der Waals surface area (Å²) in [6, 6.07) is 6.59. The van der Waals surface area contributed by atoms with Crippen molar-refractivity contribution in [3.8, 4) is 0 Å². The molecule has 1 amide bonds. The molecule has 0 atom stereocenters. The standard InChI is InChI=1S/C18H16ClF3N6O3S/c1-9-8-10(2)24-17(23-9)27-32(30,31)12-6-4-11(5-7-12)25-16(29)14-13(19)15(18(20,21)22)28(3)26-14/h4-8H,1-3H3,(H,25,29)(H,23,24,27). The summed E-state index contributed by atoms with van der Waals surface area (Å²) in [5, 5.41) is 5.01. The maximum Gasteiger partial charge on any atom is 0.434 e. The summed E-state index contributed by atoms with van der Waals surface area (Å²) < 4.78 is 66.9. The highest BCUT2D eigenvalue weighted by Gasteiger charge is 2.40. The number of rotatable bonds is 5. The zero-order valence-electron chi connectivity index (χ0n) is 16.8. The molecule has 0 fully saturated rings. The molecule has 0 aliphatic heterocycles. The number of alkyl halides is 3. The first kappa shape index (κ1) is 23.5. The van der Waals surface area contributed by atoms with Crippen LogP contribution in [0.2, 0.25) is 5.02 Å². The van der Waals surface area contributed by atoms with Crippen molar-refractivity contribution in [2.45, 2.75) is 24.9 Å². The van der Waals surface area contributed by atoms with Gasteiger partial charge in [0.05, 0.1) is 4.90 Å². The Morgan fingerprint density at radius 2 is 1.66 bits per heavy atom. The first-order valence-electron chi connectivity index (χ1n) is 8.84. The molecule has 0 bridgehead atoms. The van der Waals surface area contributed by atoms with Crippen molar-refractivity contribution in [1.82, 2.24) is 19.7 Å². The van der Waals surface area contributed by atoms with E-state index in [2.05, 4.69) is 25.1 Å². The third-order valence-corrected chi connectivity index (χ3v) is 5.81. The van der Waals surface area contributed by atoms with Gasteiger partial charge in [0, 0.05) is 24.1 Å². The number of benzene rings is 1. The van der Waals surface area contributed by atoms with Gasteiger partial charge in [-0.05, 0) is 44.2 Å². The Hall–Kier alpha value is -3.19. The van der Waals surface area contributed by atoms with Gasteiger partial charge in [-0.25, -0.2) is 23.1 Å². The predicted octanol–water partition coefficient (Wildman–Crippen LogP) is 3.55. The number of sulfonamides is 1. The van der Waals surface area contributed by atoms with E-state index < -0.39 is 38.5 Å². The maximum atomic E-state index is 13.0. The largest absolute Gasteiger partial charge is 0.434 e. The molecule has 170 valence electrons. The number of aromatic nitrogens is 4. The topological polar surface area (TPSA) is 119 Å². The minimum Gasteiger partial charge on any atom is -0.321 e. The number of halogens is 4. The number of carbonyl (C=O) groups is 1. The number of hydrogen-bond acceptors (Lipinski definition) is 6. The molecule has 0 spiro atoms. The summed E-state index contributed by atoms with van der Waals surface area (Å²) in [5.41, 5.74) is -0.602. The summed E-state index contributed by atoms with van der Waals surface area (Å²) in [4.78, 5) is 20.2. The van der Waals surface area contributed by atoms with Gasteiger partial charge in [0.25, 0.3) is 15.9 Å². The van der Waals surface area contributed by atoms with Crippen molar-refractivity contribution in [1.29, 1.82) is 0 Å². The van der Waals surface area contributed by atoms with Gasteiger partial charge < -0.3 is 5.32 Å². The summed E-state index contributed by atoms with van der Waals surface area (Å²) in [5.74, 6) is -1.08. The first-order chi connectivity index (χ1) is 14.8. The third-order valence-electron chi connectivity index (χ3n) is 4.10. The molecule has 32 heavy (non-hydrogen) atoms. The van der Waals surface area contributed by atoms with Gasteiger partial charge >= 0.3 is 6.18 Å². The number of aryl methyl sites for hydroxylation is 3. The van der Waals surface area contributed by atoms with Crippen LogP contribution in [-0.4, -0.2) is 34.1 Å². The van der Waals surface area contributed by atoms with Crippen molar-refractivity contribution < 1.29 is 26.4 Å². The van der Waals surface area contributed by atoms with Gasteiger partial charge in [-0.2, -0.15) is 18.3 Å². The highest BCUT2D eigenvalue weighted by Crippen LogP contribution is 2.36. The molecule has 9 nitrogen and oxygen atoms in total. The molecule has 1 aromatic carbocycles. The minimum absolute atomic E-state index is 0.0925. The Balaban J connectivity index is 1.78. The molecule has 14 heteroatoms. The smallest absolute Gasteiger partial charge is 0.321 e. The maximum absolute atomic E-state index is 13.0. The van der Waals surface area contributed by atoms with Crippen molar-refractivity contribution in [3.05, 3.63) is 58.1 Å². The minimum atomic E-state index is -4.79. The van der Waals surface area contributed by atoms with E-state index >= 15 is 0 Å². The van der Waals surface area contributed by atoms with Crippen LogP contribution in [0.5, 0.6) is 0 Å². The van der Waals surface area contributed by atoms with Crippen molar-refractivity contribution in [2.75, 3.05) is 10.0 Å². The highest BCUT2D eigenvalue weighted by atomic mass is 35.5. The number of nitrogens with zero attached hydrogens (tertiary/aromatic N) is 4. The number of hydrogen-bond donors (Lipinski definition) is 2. The normalized spacial score (nSPS) is 12.0. The molecule has 0 unspecified atom stereocenters. The molecule has 3 aromatic rings. The Kier molecular flexibility index (Phi) is 6.15. The van der Waals surface area contributed by atoms with Crippen LogP contribution in [0.3, 0.4) is 0 Å². The van der Waals surface area contributed by atoms with E-state index in [1.54, 1.807) is 19.9 Å². The second-order valence-corrected chi connectivity index (χ2v) is 8.75.